The fourth-order valence-electron chi connectivity index (χ4n) is 3.52. The van der Waals surface area contributed by atoms with Crippen LogP contribution in [0.15, 0.2) is 71.8 Å². The Labute approximate surface area is 208 Å². The number of nitrogen functional groups attached to an aromatic ring is 1. The molecule has 0 bridgehead atoms. The third kappa shape index (κ3) is 4.96. The lowest BCUT2D eigenvalue weighted by Gasteiger charge is -2.15. The molecule has 0 fully saturated rings. The summed E-state index contributed by atoms with van der Waals surface area (Å²) in [6.45, 7) is 0. The SMILES string of the molecule is COc1ccc(-c2nc(NS(=O)(=O)c3ccc(N)cc3)ncc2-c2ccc(OC)c(OC)c2)c(O)c1. The van der Waals surface area contributed by atoms with Crippen LogP contribution in [0.5, 0.6) is 23.0 Å². The molecule has 0 radical (unpaired) electrons. The van der Waals surface area contributed by atoms with E-state index in [1.807, 2.05) is 0 Å². The van der Waals surface area contributed by atoms with Crippen molar-refractivity contribution >= 4 is 21.7 Å². The predicted molar refractivity (Wildman–Crippen MR) is 136 cm³/mol. The van der Waals surface area contributed by atoms with Crippen LogP contribution < -0.4 is 24.7 Å². The van der Waals surface area contributed by atoms with E-state index >= 15 is 0 Å². The highest BCUT2D eigenvalue weighted by atomic mass is 32.2. The number of phenols is 1. The number of benzene rings is 3. The number of methoxy groups -OCH3 is 3. The molecule has 36 heavy (non-hydrogen) atoms. The molecule has 11 heteroatoms. The first-order valence-corrected chi connectivity index (χ1v) is 12.1. The lowest BCUT2D eigenvalue weighted by Crippen LogP contribution is -2.15. The minimum Gasteiger partial charge on any atom is -0.507 e. The van der Waals surface area contributed by atoms with Gasteiger partial charge in [-0.3, -0.25) is 0 Å². The summed E-state index contributed by atoms with van der Waals surface area (Å²) in [5, 5.41) is 10.7. The summed E-state index contributed by atoms with van der Waals surface area (Å²) in [6.07, 6.45) is 1.47. The summed E-state index contributed by atoms with van der Waals surface area (Å²) in [5.74, 6) is 1.17. The molecule has 0 aliphatic carbocycles. The number of anilines is 2. The third-order valence-electron chi connectivity index (χ3n) is 5.36. The predicted octanol–water partition coefficient (Wildman–Crippen LogP) is 3.93. The highest BCUT2D eigenvalue weighted by molar-refractivity contribution is 7.92. The van der Waals surface area contributed by atoms with Gasteiger partial charge in [0.15, 0.2) is 11.5 Å². The normalized spacial score (nSPS) is 11.1. The van der Waals surface area contributed by atoms with Crippen LogP contribution in [-0.4, -0.2) is 44.8 Å². The summed E-state index contributed by atoms with van der Waals surface area (Å²) in [6, 6.07) is 15.7. The second-order valence-corrected chi connectivity index (χ2v) is 9.27. The van der Waals surface area contributed by atoms with Crippen LogP contribution in [-0.2, 0) is 10.0 Å². The molecule has 4 aromatic rings. The average molecular weight is 509 g/mol. The van der Waals surface area contributed by atoms with Gasteiger partial charge in [0.1, 0.15) is 11.5 Å². The molecule has 3 aromatic carbocycles. The van der Waals surface area contributed by atoms with E-state index in [4.69, 9.17) is 19.9 Å². The number of rotatable bonds is 8. The Morgan fingerprint density at radius 3 is 2.22 bits per heavy atom. The monoisotopic (exact) mass is 508 g/mol. The summed E-state index contributed by atoms with van der Waals surface area (Å²) in [7, 11) is 0.536. The summed E-state index contributed by atoms with van der Waals surface area (Å²) in [5.41, 5.74) is 7.90. The number of hydrogen-bond donors (Lipinski definition) is 3. The van der Waals surface area contributed by atoms with Crippen molar-refractivity contribution in [3.63, 3.8) is 0 Å². The molecule has 4 N–H and O–H groups in total. The van der Waals surface area contributed by atoms with Crippen molar-refractivity contribution in [2.45, 2.75) is 4.90 Å². The first kappa shape index (κ1) is 24.6. The van der Waals surface area contributed by atoms with E-state index in [1.54, 1.807) is 30.3 Å². The number of aromatic nitrogens is 2. The number of aromatic hydroxyl groups is 1. The molecular formula is C25H24N4O6S. The van der Waals surface area contributed by atoms with E-state index in [0.717, 1.165) is 0 Å². The van der Waals surface area contributed by atoms with Crippen molar-refractivity contribution in [1.82, 2.24) is 9.97 Å². The van der Waals surface area contributed by atoms with Crippen molar-refractivity contribution in [3.05, 3.63) is 66.9 Å². The Bertz CT molecular complexity index is 1510. The van der Waals surface area contributed by atoms with Crippen LogP contribution in [0, 0.1) is 0 Å². The largest absolute Gasteiger partial charge is 0.507 e. The van der Waals surface area contributed by atoms with Crippen LogP contribution >= 0.6 is 0 Å². The maximum Gasteiger partial charge on any atom is 0.264 e. The molecule has 4 rings (SSSR count). The zero-order valence-electron chi connectivity index (χ0n) is 19.7. The number of nitrogens with two attached hydrogens (primary N) is 1. The zero-order chi connectivity index (χ0) is 25.9. The van der Waals surface area contributed by atoms with Crippen molar-refractivity contribution in [3.8, 4) is 45.4 Å². The molecule has 0 saturated heterocycles. The highest BCUT2D eigenvalue weighted by Crippen LogP contribution is 2.40. The lowest BCUT2D eigenvalue weighted by atomic mass is 9.99. The number of hydrogen-bond acceptors (Lipinski definition) is 9. The van der Waals surface area contributed by atoms with Gasteiger partial charge in [0.25, 0.3) is 10.0 Å². The van der Waals surface area contributed by atoms with Crippen LogP contribution in [0.1, 0.15) is 0 Å². The number of nitrogens with one attached hydrogen (secondary N) is 1. The molecule has 0 atom stereocenters. The summed E-state index contributed by atoms with van der Waals surface area (Å²) in [4.78, 5) is 8.69. The highest BCUT2D eigenvalue weighted by Gasteiger charge is 2.20. The van der Waals surface area contributed by atoms with E-state index in [1.165, 1.54) is 57.9 Å². The number of ether oxygens (including phenoxy) is 3. The second kappa shape index (κ2) is 10.0. The van der Waals surface area contributed by atoms with E-state index in [2.05, 4.69) is 14.7 Å². The molecule has 0 saturated carbocycles. The lowest BCUT2D eigenvalue weighted by molar-refractivity contribution is 0.355. The van der Waals surface area contributed by atoms with Gasteiger partial charge >= 0.3 is 0 Å². The quantitative estimate of drug-likeness (QED) is 0.301. The minimum absolute atomic E-state index is 0.00175. The molecule has 0 spiro atoms. The Morgan fingerprint density at radius 2 is 1.58 bits per heavy atom. The maximum atomic E-state index is 12.9. The van der Waals surface area contributed by atoms with E-state index < -0.39 is 10.0 Å². The van der Waals surface area contributed by atoms with Crippen molar-refractivity contribution < 1.29 is 27.7 Å². The fraction of sp³-hybridized carbons (Fsp3) is 0.120. The first-order chi connectivity index (χ1) is 17.2. The topological polar surface area (TPSA) is 146 Å². The van der Waals surface area contributed by atoms with Crippen LogP contribution in [0.4, 0.5) is 11.6 Å². The van der Waals surface area contributed by atoms with Gasteiger partial charge in [0.05, 0.1) is 31.9 Å². The van der Waals surface area contributed by atoms with Crippen molar-refractivity contribution in [1.29, 1.82) is 0 Å². The summed E-state index contributed by atoms with van der Waals surface area (Å²) < 4.78 is 44.1. The van der Waals surface area contributed by atoms with Gasteiger partial charge in [0.2, 0.25) is 5.95 Å². The van der Waals surface area contributed by atoms with E-state index in [9.17, 15) is 13.5 Å². The average Bonchev–Trinajstić information content (AvgIpc) is 2.88. The molecule has 0 amide bonds. The minimum atomic E-state index is -4.00. The maximum absolute atomic E-state index is 12.9. The van der Waals surface area contributed by atoms with E-state index in [0.29, 0.717) is 39.6 Å². The van der Waals surface area contributed by atoms with Gasteiger partial charge in [-0.2, -0.15) is 0 Å². The van der Waals surface area contributed by atoms with Gasteiger partial charge in [0, 0.05) is 29.1 Å². The van der Waals surface area contributed by atoms with E-state index in [-0.39, 0.29) is 22.3 Å². The molecule has 10 nitrogen and oxygen atoms in total. The summed E-state index contributed by atoms with van der Waals surface area (Å²) >= 11 is 0. The molecule has 0 aliphatic rings. The Hall–Kier alpha value is -4.51. The van der Waals surface area contributed by atoms with Crippen LogP contribution in [0.25, 0.3) is 22.4 Å². The Balaban J connectivity index is 1.85. The van der Waals surface area contributed by atoms with Crippen molar-refractivity contribution in [2.24, 2.45) is 0 Å². The fourth-order valence-corrected chi connectivity index (χ4v) is 4.47. The molecule has 0 aliphatic heterocycles. The zero-order valence-corrected chi connectivity index (χ0v) is 20.5. The smallest absolute Gasteiger partial charge is 0.264 e. The van der Waals surface area contributed by atoms with Crippen molar-refractivity contribution in [2.75, 3.05) is 31.8 Å². The second-order valence-electron chi connectivity index (χ2n) is 7.58. The number of phenolic OH excluding ortho intramolecular Hbond substituents is 1. The molecule has 0 unspecified atom stereocenters. The number of sulfonamides is 1. The standard InChI is InChI=1S/C25H24N4O6S/c1-33-17-7-10-19(21(30)13-17)24-20(15-4-11-22(34-2)23(12-15)35-3)14-27-25(28-24)29-36(31,32)18-8-5-16(26)6-9-18/h4-14,30H,26H2,1-3H3,(H,27,28,29). The van der Waals surface area contributed by atoms with Crippen LogP contribution in [0.3, 0.4) is 0 Å². The number of nitrogens with zero attached hydrogens (tertiary/aromatic N) is 2. The van der Waals surface area contributed by atoms with Gasteiger partial charge in [-0.05, 0) is 54.1 Å². The third-order valence-corrected chi connectivity index (χ3v) is 6.70. The Morgan fingerprint density at radius 1 is 0.861 bits per heavy atom. The van der Waals surface area contributed by atoms with Gasteiger partial charge in [-0.25, -0.2) is 23.1 Å². The first-order valence-electron chi connectivity index (χ1n) is 10.6. The molecular weight excluding hydrogens is 484 g/mol. The molecule has 1 heterocycles. The van der Waals surface area contributed by atoms with Gasteiger partial charge < -0.3 is 25.1 Å². The van der Waals surface area contributed by atoms with Gasteiger partial charge in [-0.1, -0.05) is 6.07 Å². The molecule has 1 aromatic heterocycles. The van der Waals surface area contributed by atoms with Gasteiger partial charge in [-0.15, -0.1) is 0 Å². The molecule has 186 valence electrons. The van der Waals surface area contributed by atoms with Crippen LogP contribution in [0.2, 0.25) is 0 Å². The Kier molecular flexibility index (Phi) is 6.84.